The number of nitrogen functional groups attached to an aromatic ring is 2. The van der Waals surface area contributed by atoms with Crippen LogP contribution in [0.3, 0.4) is 0 Å². The van der Waals surface area contributed by atoms with Crippen LogP contribution < -0.4 is 22.1 Å². The standard InChI is InChI=1S/2C15H17ClN4OS/c2*16-11-1-3-12(4-2-11)22-13-7-19-15(17)20-14(13)18-6-9-5-10(9)8-21/h2*1-4,7,9-10,21H,5-6,8H2,(H3,17,18,19,20). The fraction of sp³-hybridized carbons (Fsp3) is 0.333. The summed E-state index contributed by atoms with van der Waals surface area (Å²) in [6, 6.07) is 15.2. The van der Waals surface area contributed by atoms with Crippen LogP contribution in [0.2, 0.25) is 10.0 Å². The Bertz CT molecular complexity index is 1420. The SMILES string of the molecule is Nc1ncc(Sc2ccc(Cl)cc2)c(NCC2CC2CO)n1.Nc1ncc(Sc2ccc(Cl)cc2)c(NCC2CC2CO)n1. The lowest BCUT2D eigenvalue weighted by Crippen LogP contribution is -2.10. The number of hydrogen-bond donors (Lipinski definition) is 6. The fourth-order valence-corrected chi connectivity index (χ4v) is 6.40. The average Bonchev–Trinajstić information content (AvgIpc) is 3.95. The van der Waals surface area contributed by atoms with Gasteiger partial charge in [-0.2, -0.15) is 9.97 Å². The Kier molecular flexibility index (Phi) is 11.3. The molecule has 2 heterocycles. The zero-order valence-electron chi connectivity index (χ0n) is 23.7. The molecule has 4 unspecified atom stereocenters. The number of benzene rings is 2. The number of aliphatic hydroxyl groups is 2. The average molecular weight is 674 g/mol. The second-order valence-electron chi connectivity index (χ2n) is 10.6. The van der Waals surface area contributed by atoms with Crippen molar-refractivity contribution in [3.8, 4) is 0 Å². The van der Waals surface area contributed by atoms with Gasteiger partial charge >= 0.3 is 0 Å². The molecule has 232 valence electrons. The highest BCUT2D eigenvalue weighted by Crippen LogP contribution is 2.40. The van der Waals surface area contributed by atoms with E-state index in [1.165, 1.54) is 0 Å². The van der Waals surface area contributed by atoms with Crippen LogP contribution in [0.4, 0.5) is 23.5 Å². The number of aliphatic hydroxyl groups excluding tert-OH is 2. The molecule has 0 radical (unpaired) electrons. The minimum Gasteiger partial charge on any atom is -0.396 e. The minimum absolute atomic E-state index is 0.248. The summed E-state index contributed by atoms with van der Waals surface area (Å²) < 4.78 is 0. The highest BCUT2D eigenvalue weighted by Gasteiger charge is 2.36. The lowest BCUT2D eigenvalue weighted by molar-refractivity contribution is 0.269. The third kappa shape index (κ3) is 9.50. The number of nitrogens with two attached hydrogens (primary N) is 2. The largest absolute Gasteiger partial charge is 0.396 e. The van der Waals surface area contributed by atoms with Crippen LogP contribution in [0.5, 0.6) is 0 Å². The number of anilines is 4. The van der Waals surface area contributed by atoms with Crippen LogP contribution in [-0.2, 0) is 0 Å². The Morgan fingerprint density at radius 3 is 1.39 bits per heavy atom. The summed E-state index contributed by atoms with van der Waals surface area (Å²) >= 11 is 14.9. The van der Waals surface area contributed by atoms with E-state index in [4.69, 9.17) is 44.9 Å². The molecule has 10 nitrogen and oxygen atoms in total. The van der Waals surface area contributed by atoms with Crippen LogP contribution in [-0.4, -0.2) is 56.5 Å². The van der Waals surface area contributed by atoms with Gasteiger partial charge in [0.25, 0.3) is 0 Å². The van der Waals surface area contributed by atoms with E-state index >= 15 is 0 Å². The van der Waals surface area contributed by atoms with Gasteiger partial charge in [-0.15, -0.1) is 0 Å². The molecule has 2 aliphatic rings. The maximum Gasteiger partial charge on any atom is 0.221 e. The van der Waals surface area contributed by atoms with Crippen molar-refractivity contribution in [1.82, 2.24) is 19.9 Å². The molecule has 0 saturated heterocycles. The van der Waals surface area contributed by atoms with E-state index in [0.717, 1.165) is 57.1 Å². The van der Waals surface area contributed by atoms with E-state index in [1.807, 2.05) is 48.5 Å². The van der Waals surface area contributed by atoms with Gasteiger partial charge in [-0.3, -0.25) is 0 Å². The topological polar surface area (TPSA) is 168 Å². The number of nitrogens with zero attached hydrogens (tertiary/aromatic N) is 4. The van der Waals surface area contributed by atoms with Gasteiger partial charge in [0.2, 0.25) is 11.9 Å². The minimum atomic E-state index is 0.248. The van der Waals surface area contributed by atoms with Crippen LogP contribution in [0.1, 0.15) is 12.8 Å². The molecular formula is C30H34Cl2N8O2S2. The molecule has 2 aliphatic carbocycles. The normalized spacial score (nSPS) is 19.9. The summed E-state index contributed by atoms with van der Waals surface area (Å²) in [6.45, 7) is 2.08. The molecule has 4 aromatic rings. The molecule has 2 saturated carbocycles. The molecular weight excluding hydrogens is 639 g/mol. The van der Waals surface area contributed by atoms with Crippen molar-refractivity contribution >= 4 is 70.3 Å². The summed E-state index contributed by atoms with van der Waals surface area (Å²) in [7, 11) is 0. The number of hydrogen-bond acceptors (Lipinski definition) is 12. The summed E-state index contributed by atoms with van der Waals surface area (Å²) in [5.41, 5.74) is 11.4. The second kappa shape index (κ2) is 15.3. The van der Waals surface area contributed by atoms with Gasteiger partial charge in [0, 0.05) is 58.5 Å². The highest BCUT2D eigenvalue weighted by molar-refractivity contribution is 7.99. The Hall–Kier alpha value is -3.00. The van der Waals surface area contributed by atoms with Gasteiger partial charge in [0.05, 0.1) is 9.79 Å². The zero-order valence-corrected chi connectivity index (χ0v) is 26.9. The van der Waals surface area contributed by atoms with Crippen molar-refractivity contribution in [2.24, 2.45) is 23.7 Å². The number of aromatic nitrogens is 4. The third-order valence-corrected chi connectivity index (χ3v) is 9.86. The van der Waals surface area contributed by atoms with Crippen molar-refractivity contribution in [2.75, 3.05) is 48.4 Å². The molecule has 4 atom stereocenters. The maximum absolute atomic E-state index is 9.10. The van der Waals surface area contributed by atoms with Gasteiger partial charge < -0.3 is 32.3 Å². The zero-order chi connectivity index (χ0) is 31.1. The van der Waals surface area contributed by atoms with Crippen LogP contribution in [0, 0.1) is 23.7 Å². The van der Waals surface area contributed by atoms with Gasteiger partial charge in [-0.05, 0) is 85.0 Å². The first-order chi connectivity index (χ1) is 21.3. The van der Waals surface area contributed by atoms with E-state index in [0.29, 0.717) is 33.7 Å². The summed E-state index contributed by atoms with van der Waals surface area (Å²) in [5.74, 6) is 3.81. The van der Waals surface area contributed by atoms with Crippen molar-refractivity contribution in [3.05, 3.63) is 71.0 Å². The van der Waals surface area contributed by atoms with Gasteiger partial charge in [-0.25, -0.2) is 9.97 Å². The molecule has 2 aromatic heterocycles. The van der Waals surface area contributed by atoms with Crippen molar-refractivity contribution in [3.63, 3.8) is 0 Å². The molecule has 14 heteroatoms. The lowest BCUT2D eigenvalue weighted by Gasteiger charge is -2.11. The van der Waals surface area contributed by atoms with Crippen LogP contribution >= 0.6 is 46.7 Å². The van der Waals surface area contributed by atoms with E-state index in [1.54, 1.807) is 35.9 Å². The number of rotatable bonds is 12. The van der Waals surface area contributed by atoms with Crippen LogP contribution in [0.25, 0.3) is 0 Å². The monoisotopic (exact) mass is 672 g/mol. The van der Waals surface area contributed by atoms with E-state index in [9.17, 15) is 0 Å². The number of nitrogens with one attached hydrogen (secondary N) is 2. The van der Waals surface area contributed by atoms with Crippen molar-refractivity contribution < 1.29 is 10.2 Å². The first-order valence-corrected chi connectivity index (χ1v) is 16.5. The quantitative estimate of drug-likeness (QED) is 0.107. The van der Waals surface area contributed by atoms with Gasteiger partial charge in [0.15, 0.2) is 0 Å². The predicted molar refractivity (Wildman–Crippen MR) is 178 cm³/mol. The molecule has 0 bridgehead atoms. The smallest absolute Gasteiger partial charge is 0.221 e. The summed E-state index contributed by atoms with van der Waals surface area (Å²) in [6.07, 6.45) is 5.56. The predicted octanol–water partition coefficient (Wildman–Crippen LogP) is 5.81. The molecule has 44 heavy (non-hydrogen) atoms. The maximum atomic E-state index is 9.10. The van der Waals surface area contributed by atoms with E-state index in [-0.39, 0.29) is 25.1 Å². The Morgan fingerprint density at radius 1 is 0.659 bits per heavy atom. The fourth-order valence-electron chi connectivity index (χ4n) is 4.45. The number of halogens is 2. The molecule has 2 aromatic carbocycles. The van der Waals surface area contributed by atoms with E-state index in [2.05, 4.69) is 30.6 Å². The summed E-state index contributed by atoms with van der Waals surface area (Å²) in [4.78, 5) is 20.6. The van der Waals surface area contributed by atoms with Gasteiger partial charge in [-0.1, -0.05) is 46.7 Å². The third-order valence-electron chi connectivity index (χ3n) is 7.30. The van der Waals surface area contributed by atoms with E-state index < -0.39 is 0 Å². The van der Waals surface area contributed by atoms with Crippen molar-refractivity contribution in [1.29, 1.82) is 0 Å². The van der Waals surface area contributed by atoms with Crippen molar-refractivity contribution in [2.45, 2.75) is 32.4 Å². The highest BCUT2D eigenvalue weighted by atomic mass is 35.5. The Morgan fingerprint density at radius 2 is 1.05 bits per heavy atom. The summed E-state index contributed by atoms with van der Waals surface area (Å²) in [5, 5.41) is 26.3. The first kappa shape index (κ1) is 32.4. The Labute approximate surface area is 274 Å². The lowest BCUT2D eigenvalue weighted by atomic mass is 10.3. The molecule has 8 N–H and O–H groups in total. The Balaban J connectivity index is 0.000000175. The molecule has 0 spiro atoms. The molecule has 2 fully saturated rings. The second-order valence-corrected chi connectivity index (χ2v) is 13.7. The molecule has 0 aliphatic heterocycles. The van der Waals surface area contributed by atoms with Gasteiger partial charge in [0.1, 0.15) is 11.6 Å². The first-order valence-electron chi connectivity index (χ1n) is 14.1. The molecule has 0 amide bonds. The molecule has 6 rings (SSSR count). The van der Waals surface area contributed by atoms with Crippen LogP contribution in [0.15, 0.2) is 80.5 Å².